The molecule has 0 aliphatic rings. The summed E-state index contributed by atoms with van der Waals surface area (Å²) in [6, 6.07) is 6.94. The van der Waals surface area contributed by atoms with Crippen LogP contribution in [-0.4, -0.2) is 33.3 Å². The molecule has 5 nitrogen and oxygen atoms in total. The van der Waals surface area contributed by atoms with E-state index in [1.54, 1.807) is 28.8 Å². The lowest BCUT2D eigenvalue weighted by Gasteiger charge is -2.21. The maximum atomic E-state index is 13.1. The van der Waals surface area contributed by atoms with Gasteiger partial charge in [-0.05, 0) is 31.0 Å². The van der Waals surface area contributed by atoms with Crippen LogP contribution < -0.4 is 5.73 Å². The van der Waals surface area contributed by atoms with Crippen LogP contribution in [0.3, 0.4) is 0 Å². The number of carbonyl (C=O) groups is 1. The van der Waals surface area contributed by atoms with E-state index in [-0.39, 0.29) is 24.7 Å². The van der Waals surface area contributed by atoms with Crippen LogP contribution in [0.5, 0.6) is 0 Å². The molecule has 2 N–H and O–H groups in total. The topological polar surface area (TPSA) is 63.6 Å². The van der Waals surface area contributed by atoms with Crippen LogP contribution in [0.15, 0.2) is 30.5 Å². The lowest BCUT2D eigenvalue weighted by molar-refractivity contribution is -0.130. The number of amides is 1. The summed E-state index contributed by atoms with van der Waals surface area (Å²) in [5.41, 5.74) is 9.10. The monoisotopic (exact) mass is 488 g/mol. The molecule has 0 radical (unpaired) electrons. The van der Waals surface area contributed by atoms with Crippen molar-refractivity contribution in [3.8, 4) is 11.3 Å². The first-order chi connectivity index (χ1) is 13.8. The van der Waals surface area contributed by atoms with Crippen LogP contribution in [0.2, 0.25) is 15.1 Å². The first-order valence-corrected chi connectivity index (χ1v) is 10.7. The van der Waals surface area contributed by atoms with Crippen molar-refractivity contribution < 1.29 is 4.79 Å². The first kappa shape index (κ1) is 24.6. The minimum atomic E-state index is 0. The number of rotatable bonds is 7. The van der Waals surface area contributed by atoms with Gasteiger partial charge in [0.15, 0.2) is 5.65 Å². The van der Waals surface area contributed by atoms with Crippen LogP contribution in [0.1, 0.15) is 32.4 Å². The number of benzene rings is 1. The molecular weight excluding hydrogens is 466 g/mol. The van der Waals surface area contributed by atoms with E-state index in [0.717, 1.165) is 18.4 Å². The maximum Gasteiger partial charge on any atom is 0.228 e. The van der Waals surface area contributed by atoms with Gasteiger partial charge in [-0.1, -0.05) is 54.7 Å². The number of aromatic nitrogens is 2. The summed E-state index contributed by atoms with van der Waals surface area (Å²) in [5, 5.41) is 1.35. The molecule has 3 aromatic rings. The van der Waals surface area contributed by atoms with Crippen LogP contribution in [0, 0.1) is 0 Å². The fourth-order valence-electron chi connectivity index (χ4n) is 3.37. The highest BCUT2D eigenvalue weighted by atomic mass is 35.5. The number of nitrogens with two attached hydrogens (primary N) is 1. The Bertz CT molecular complexity index is 1050. The third-order valence-electron chi connectivity index (χ3n) is 4.67. The number of fused-ring (bicyclic) bond motifs is 1. The van der Waals surface area contributed by atoms with E-state index in [2.05, 4.69) is 13.8 Å². The molecule has 3 rings (SSSR count). The molecular formula is C21H24Cl4N4O. The lowest BCUT2D eigenvalue weighted by Crippen LogP contribution is -2.34. The fourth-order valence-corrected chi connectivity index (χ4v) is 4.00. The molecule has 0 atom stereocenters. The SMILES string of the molecule is CCCN(CCC)C(=O)Cc1c(-c2ccc(Cl)c(N)c2)nc2c(Cl)cc(Cl)cn12.Cl. The Morgan fingerprint density at radius 2 is 1.77 bits per heavy atom. The van der Waals surface area contributed by atoms with Gasteiger partial charge in [0.1, 0.15) is 0 Å². The number of hydrogen-bond donors (Lipinski definition) is 1. The molecule has 9 heteroatoms. The van der Waals surface area contributed by atoms with Gasteiger partial charge in [-0.15, -0.1) is 12.4 Å². The van der Waals surface area contributed by atoms with Gasteiger partial charge >= 0.3 is 0 Å². The molecule has 1 aromatic carbocycles. The van der Waals surface area contributed by atoms with Gasteiger partial charge < -0.3 is 15.0 Å². The molecule has 2 heterocycles. The van der Waals surface area contributed by atoms with Crippen LogP contribution in [0.4, 0.5) is 5.69 Å². The van der Waals surface area contributed by atoms with Gasteiger partial charge in [-0.3, -0.25) is 4.79 Å². The highest BCUT2D eigenvalue weighted by molar-refractivity contribution is 6.36. The largest absolute Gasteiger partial charge is 0.398 e. The smallest absolute Gasteiger partial charge is 0.228 e. The molecule has 162 valence electrons. The Hall–Kier alpha value is -1.66. The summed E-state index contributed by atoms with van der Waals surface area (Å²) < 4.78 is 1.79. The van der Waals surface area contributed by atoms with Crippen molar-refractivity contribution in [2.45, 2.75) is 33.1 Å². The second-order valence-corrected chi connectivity index (χ2v) is 8.15. The fraction of sp³-hybridized carbons (Fsp3) is 0.333. The number of hydrogen-bond acceptors (Lipinski definition) is 3. The lowest BCUT2D eigenvalue weighted by atomic mass is 10.1. The molecule has 0 bridgehead atoms. The van der Waals surface area contributed by atoms with Gasteiger partial charge in [-0.2, -0.15) is 0 Å². The Labute approximate surface area is 197 Å². The van der Waals surface area contributed by atoms with Gasteiger partial charge in [0.05, 0.1) is 38.6 Å². The van der Waals surface area contributed by atoms with Crippen molar-refractivity contribution in [1.82, 2.24) is 14.3 Å². The summed E-state index contributed by atoms with van der Waals surface area (Å²) in [7, 11) is 0. The van der Waals surface area contributed by atoms with E-state index in [1.807, 2.05) is 11.0 Å². The Balaban J connectivity index is 0.00000320. The van der Waals surface area contributed by atoms with Gasteiger partial charge in [0.2, 0.25) is 5.91 Å². The summed E-state index contributed by atoms with van der Waals surface area (Å²) in [6.45, 7) is 5.56. The third-order valence-corrected chi connectivity index (χ3v) is 5.50. The van der Waals surface area contributed by atoms with Crippen LogP contribution in [0.25, 0.3) is 16.9 Å². The highest BCUT2D eigenvalue weighted by Crippen LogP contribution is 2.32. The zero-order valence-electron chi connectivity index (χ0n) is 16.8. The average Bonchev–Trinajstić information content (AvgIpc) is 3.02. The van der Waals surface area contributed by atoms with Crippen molar-refractivity contribution in [3.63, 3.8) is 0 Å². The molecule has 0 saturated heterocycles. The van der Waals surface area contributed by atoms with Crippen molar-refractivity contribution in [1.29, 1.82) is 0 Å². The number of anilines is 1. The van der Waals surface area contributed by atoms with E-state index in [0.29, 0.717) is 50.9 Å². The minimum absolute atomic E-state index is 0. The molecule has 0 unspecified atom stereocenters. The maximum absolute atomic E-state index is 13.1. The van der Waals surface area contributed by atoms with E-state index in [4.69, 9.17) is 45.5 Å². The number of pyridine rings is 1. The van der Waals surface area contributed by atoms with E-state index < -0.39 is 0 Å². The normalized spacial score (nSPS) is 10.8. The number of nitrogen functional groups attached to an aromatic ring is 1. The number of carbonyl (C=O) groups excluding carboxylic acids is 1. The predicted molar refractivity (Wildman–Crippen MR) is 128 cm³/mol. The molecule has 0 aliphatic heterocycles. The number of halogens is 4. The first-order valence-electron chi connectivity index (χ1n) is 9.54. The van der Waals surface area contributed by atoms with Crippen molar-refractivity contribution >= 4 is 64.5 Å². The van der Waals surface area contributed by atoms with E-state index >= 15 is 0 Å². The summed E-state index contributed by atoms with van der Waals surface area (Å²) >= 11 is 18.7. The number of imidazole rings is 1. The van der Waals surface area contributed by atoms with Gasteiger partial charge in [0.25, 0.3) is 0 Å². The molecule has 30 heavy (non-hydrogen) atoms. The van der Waals surface area contributed by atoms with E-state index in [9.17, 15) is 4.79 Å². The van der Waals surface area contributed by atoms with E-state index in [1.165, 1.54) is 0 Å². The van der Waals surface area contributed by atoms with Crippen molar-refractivity contribution in [3.05, 3.63) is 51.2 Å². The molecule has 2 aromatic heterocycles. The summed E-state index contributed by atoms with van der Waals surface area (Å²) in [6.07, 6.45) is 3.70. The third kappa shape index (κ3) is 5.14. The highest BCUT2D eigenvalue weighted by Gasteiger charge is 2.22. The molecule has 0 fully saturated rings. The van der Waals surface area contributed by atoms with Crippen LogP contribution in [-0.2, 0) is 11.2 Å². The minimum Gasteiger partial charge on any atom is -0.398 e. The molecule has 0 aliphatic carbocycles. The second-order valence-electron chi connectivity index (χ2n) is 6.90. The van der Waals surface area contributed by atoms with Gasteiger partial charge in [0, 0.05) is 24.8 Å². The van der Waals surface area contributed by atoms with Crippen LogP contribution >= 0.6 is 47.2 Å². The number of nitrogens with zero attached hydrogens (tertiary/aromatic N) is 3. The second kappa shape index (κ2) is 10.6. The Morgan fingerprint density at radius 1 is 1.10 bits per heavy atom. The molecule has 0 saturated carbocycles. The summed E-state index contributed by atoms with van der Waals surface area (Å²) in [5.74, 6) is 0.0368. The quantitative estimate of drug-likeness (QED) is 0.404. The standard InChI is InChI=1S/C21H23Cl3N4O.ClH/c1-3-7-27(8-4-2)19(29)11-18-20(13-5-6-15(23)17(25)9-13)26-21-16(24)10-14(22)12-28(18)21;/h5-6,9-10,12H,3-4,7-8,11,25H2,1-2H3;1H. The zero-order valence-corrected chi connectivity index (χ0v) is 19.9. The Morgan fingerprint density at radius 3 is 2.37 bits per heavy atom. The summed E-state index contributed by atoms with van der Waals surface area (Å²) in [4.78, 5) is 19.7. The van der Waals surface area contributed by atoms with Crippen molar-refractivity contribution in [2.75, 3.05) is 18.8 Å². The molecule has 1 amide bonds. The zero-order chi connectivity index (χ0) is 21.1. The van der Waals surface area contributed by atoms with Crippen molar-refractivity contribution in [2.24, 2.45) is 0 Å². The average molecular weight is 490 g/mol. The van der Waals surface area contributed by atoms with Gasteiger partial charge in [-0.25, -0.2) is 4.98 Å². The predicted octanol–water partition coefficient (Wildman–Crippen LogP) is 6.16. The Kier molecular flexibility index (Phi) is 8.68. The molecule has 0 spiro atoms.